The molecule has 0 heterocycles. The molecule has 2 aromatic rings. The largest absolute Gasteiger partial charge is 0.354 e. The lowest BCUT2D eigenvalue weighted by atomic mass is 10.1. The molecule has 0 aliphatic heterocycles. The smallest absolute Gasteiger partial charge is 0.238 e. The summed E-state index contributed by atoms with van der Waals surface area (Å²) in [5.74, 6) is -0.409. The number of carbonyl (C=O) groups is 1. The molecule has 0 aliphatic carbocycles. The van der Waals surface area contributed by atoms with Crippen molar-refractivity contribution in [2.45, 2.75) is 23.5 Å². The van der Waals surface area contributed by atoms with Crippen molar-refractivity contribution < 1.29 is 9.18 Å². The van der Waals surface area contributed by atoms with Crippen LogP contribution in [0.4, 0.5) is 4.39 Å². The van der Waals surface area contributed by atoms with E-state index in [1.54, 1.807) is 18.2 Å². The molecule has 0 saturated heterocycles. The predicted octanol–water partition coefficient (Wildman–Crippen LogP) is 4.20. The summed E-state index contributed by atoms with van der Waals surface area (Å²) in [6.45, 7) is 4.31. The van der Waals surface area contributed by atoms with E-state index >= 15 is 0 Å². The zero-order chi connectivity index (χ0) is 17.2. The van der Waals surface area contributed by atoms with Crippen molar-refractivity contribution in [2.75, 3.05) is 19.6 Å². The number of hydrogen-bond donors (Lipinski definition) is 2. The lowest BCUT2D eigenvalue weighted by Gasteiger charge is -2.17. The van der Waals surface area contributed by atoms with Gasteiger partial charge < -0.3 is 10.6 Å². The van der Waals surface area contributed by atoms with Crippen molar-refractivity contribution >= 4 is 30.1 Å². The van der Waals surface area contributed by atoms with Crippen molar-refractivity contribution in [3.05, 3.63) is 66.0 Å². The minimum Gasteiger partial charge on any atom is -0.354 e. The van der Waals surface area contributed by atoms with E-state index in [1.165, 1.54) is 17.8 Å². The molecule has 0 radical (unpaired) electrons. The molecule has 1 atom stereocenters. The van der Waals surface area contributed by atoms with E-state index in [4.69, 9.17) is 0 Å². The lowest BCUT2D eigenvalue weighted by molar-refractivity contribution is -0.120. The number of amides is 1. The minimum atomic E-state index is -0.478. The van der Waals surface area contributed by atoms with Gasteiger partial charge in [-0.25, -0.2) is 4.39 Å². The second-order valence-electron chi connectivity index (χ2n) is 5.38. The van der Waals surface area contributed by atoms with E-state index in [9.17, 15) is 9.18 Å². The Morgan fingerprint density at radius 3 is 2.40 bits per heavy atom. The van der Waals surface area contributed by atoms with Crippen LogP contribution in [-0.4, -0.2) is 25.5 Å². The summed E-state index contributed by atoms with van der Waals surface area (Å²) in [6, 6.07) is 16.0. The molecule has 6 heteroatoms. The van der Waals surface area contributed by atoms with Crippen LogP contribution in [0.1, 0.15) is 24.2 Å². The van der Waals surface area contributed by atoms with E-state index < -0.39 is 5.25 Å². The van der Waals surface area contributed by atoms with Gasteiger partial charge in [0.15, 0.2) is 0 Å². The Hall–Kier alpha value is -1.56. The van der Waals surface area contributed by atoms with E-state index in [-0.39, 0.29) is 24.1 Å². The molecule has 3 nitrogen and oxygen atoms in total. The topological polar surface area (TPSA) is 41.1 Å². The van der Waals surface area contributed by atoms with Crippen LogP contribution in [0.5, 0.6) is 0 Å². The fourth-order valence-electron chi connectivity index (χ4n) is 2.24. The van der Waals surface area contributed by atoms with Crippen LogP contribution >= 0.6 is 24.2 Å². The van der Waals surface area contributed by atoms with Gasteiger partial charge in [-0.2, -0.15) is 0 Å². The average Bonchev–Trinajstić information content (AvgIpc) is 2.61. The summed E-state index contributed by atoms with van der Waals surface area (Å²) in [4.78, 5) is 13.1. The molecule has 0 bridgehead atoms. The molecular weight excluding hydrogens is 359 g/mol. The third kappa shape index (κ3) is 7.06. The van der Waals surface area contributed by atoms with Crippen LogP contribution in [0.2, 0.25) is 0 Å². The monoisotopic (exact) mass is 382 g/mol. The van der Waals surface area contributed by atoms with Crippen LogP contribution in [0.3, 0.4) is 0 Å². The van der Waals surface area contributed by atoms with Crippen LogP contribution in [-0.2, 0) is 4.79 Å². The van der Waals surface area contributed by atoms with Gasteiger partial charge in [-0.3, -0.25) is 4.79 Å². The van der Waals surface area contributed by atoms with Crippen LogP contribution in [0, 0.1) is 5.82 Å². The number of benzene rings is 2. The molecule has 0 fully saturated rings. The fourth-order valence-corrected chi connectivity index (χ4v) is 3.31. The van der Waals surface area contributed by atoms with Gasteiger partial charge in [-0.15, -0.1) is 24.2 Å². The summed E-state index contributed by atoms with van der Waals surface area (Å²) < 4.78 is 14.0. The summed E-state index contributed by atoms with van der Waals surface area (Å²) in [7, 11) is 0. The van der Waals surface area contributed by atoms with Gasteiger partial charge in [0.05, 0.1) is 0 Å². The highest BCUT2D eigenvalue weighted by atomic mass is 35.5. The lowest BCUT2D eigenvalue weighted by Crippen LogP contribution is -2.34. The highest BCUT2D eigenvalue weighted by molar-refractivity contribution is 8.00. The molecule has 136 valence electrons. The zero-order valence-corrected chi connectivity index (χ0v) is 15.8. The number of rotatable bonds is 9. The van der Waals surface area contributed by atoms with Gasteiger partial charge in [0.25, 0.3) is 0 Å². The van der Waals surface area contributed by atoms with E-state index in [0.29, 0.717) is 11.4 Å². The number of halogens is 2. The second-order valence-corrected chi connectivity index (χ2v) is 6.53. The third-order valence-electron chi connectivity index (χ3n) is 3.45. The molecule has 2 N–H and O–H groups in total. The Bertz CT molecular complexity index is 642. The van der Waals surface area contributed by atoms with Crippen LogP contribution in [0.15, 0.2) is 59.5 Å². The maximum Gasteiger partial charge on any atom is 0.238 e. The predicted molar refractivity (Wildman–Crippen MR) is 105 cm³/mol. The summed E-state index contributed by atoms with van der Waals surface area (Å²) >= 11 is 1.24. The first-order chi connectivity index (χ1) is 11.7. The number of hydrogen-bond acceptors (Lipinski definition) is 3. The molecule has 1 unspecified atom stereocenters. The molecule has 0 spiro atoms. The average molecular weight is 383 g/mol. The van der Waals surface area contributed by atoms with Gasteiger partial charge in [0.2, 0.25) is 5.91 Å². The molecule has 0 saturated carbocycles. The minimum absolute atomic E-state index is 0. The molecule has 1 amide bonds. The standard InChI is InChI=1S/C19H23FN2OS.ClH/c1-2-12-21-13-14-22-19(23)18(15-8-4-3-5-9-15)24-17-11-7-6-10-16(17)20;/h3-11,18,21H,2,12-14H2,1H3,(H,22,23);1H. The molecule has 2 aromatic carbocycles. The van der Waals surface area contributed by atoms with Crippen molar-refractivity contribution in [1.82, 2.24) is 10.6 Å². The summed E-state index contributed by atoms with van der Waals surface area (Å²) in [5.41, 5.74) is 0.866. The van der Waals surface area contributed by atoms with E-state index in [1.807, 2.05) is 30.3 Å². The van der Waals surface area contributed by atoms with E-state index in [2.05, 4.69) is 17.6 Å². The fraction of sp³-hybridized carbons (Fsp3) is 0.316. The maximum absolute atomic E-state index is 14.0. The first kappa shape index (κ1) is 21.5. The molecule has 25 heavy (non-hydrogen) atoms. The number of thioether (sulfide) groups is 1. The molecular formula is C19H24ClFN2OS. The Morgan fingerprint density at radius 2 is 1.72 bits per heavy atom. The quantitative estimate of drug-likeness (QED) is 0.504. The Kier molecular flexibility index (Phi) is 10.2. The Morgan fingerprint density at radius 1 is 1.04 bits per heavy atom. The highest BCUT2D eigenvalue weighted by Crippen LogP contribution is 2.36. The number of nitrogens with one attached hydrogen (secondary N) is 2. The van der Waals surface area contributed by atoms with Gasteiger partial charge >= 0.3 is 0 Å². The Labute approximate surface area is 159 Å². The van der Waals surface area contributed by atoms with Crippen molar-refractivity contribution in [2.24, 2.45) is 0 Å². The van der Waals surface area contributed by atoms with Crippen LogP contribution < -0.4 is 10.6 Å². The molecule has 0 aliphatic rings. The SMILES string of the molecule is CCCNCCNC(=O)C(Sc1ccccc1F)c1ccccc1.Cl. The normalized spacial score (nSPS) is 11.4. The van der Waals surface area contributed by atoms with E-state index in [0.717, 1.165) is 25.1 Å². The highest BCUT2D eigenvalue weighted by Gasteiger charge is 2.22. The molecule has 0 aromatic heterocycles. The van der Waals surface area contributed by atoms with Gasteiger partial charge in [-0.05, 0) is 30.7 Å². The number of carbonyl (C=O) groups excluding carboxylic acids is 1. The van der Waals surface area contributed by atoms with Crippen LogP contribution in [0.25, 0.3) is 0 Å². The summed E-state index contributed by atoms with van der Waals surface area (Å²) in [6.07, 6.45) is 1.06. The third-order valence-corrected chi connectivity index (χ3v) is 4.76. The van der Waals surface area contributed by atoms with Gasteiger partial charge in [-0.1, -0.05) is 49.4 Å². The zero-order valence-electron chi connectivity index (χ0n) is 14.2. The van der Waals surface area contributed by atoms with Crippen molar-refractivity contribution in [3.8, 4) is 0 Å². The van der Waals surface area contributed by atoms with Gasteiger partial charge in [0, 0.05) is 18.0 Å². The first-order valence-corrected chi connectivity index (χ1v) is 9.05. The first-order valence-electron chi connectivity index (χ1n) is 8.17. The second kappa shape index (κ2) is 11.9. The van der Waals surface area contributed by atoms with Crippen molar-refractivity contribution in [1.29, 1.82) is 0 Å². The van der Waals surface area contributed by atoms with Crippen molar-refractivity contribution in [3.63, 3.8) is 0 Å². The Balaban J connectivity index is 0.00000312. The molecule has 2 rings (SSSR count). The maximum atomic E-state index is 14.0. The van der Waals surface area contributed by atoms with Gasteiger partial charge in [0.1, 0.15) is 11.1 Å². The summed E-state index contributed by atoms with van der Waals surface area (Å²) in [5, 5.41) is 5.70.